The van der Waals surface area contributed by atoms with Crippen molar-refractivity contribution in [2.75, 3.05) is 26.2 Å². The summed E-state index contributed by atoms with van der Waals surface area (Å²) in [5, 5.41) is 0. The minimum absolute atomic E-state index is 0.583. The number of benzene rings is 1. The molecule has 0 bridgehead atoms. The Morgan fingerprint density at radius 3 is 2.05 bits per heavy atom. The van der Waals surface area contributed by atoms with Gasteiger partial charge in [-0.05, 0) is 36.0 Å². The predicted octanol–water partition coefficient (Wildman–Crippen LogP) is 3.53. The molecule has 2 N–H and O–H groups in total. The van der Waals surface area contributed by atoms with Crippen LogP contribution in [0.4, 0.5) is 0 Å². The van der Waals surface area contributed by atoms with Gasteiger partial charge in [0, 0.05) is 26.2 Å². The van der Waals surface area contributed by atoms with Crippen molar-refractivity contribution in [2.24, 2.45) is 17.6 Å². The van der Waals surface area contributed by atoms with Gasteiger partial charge in [0.05, 0.1) is 6.61 Å². The van der Waals surface area contributed by atoms with Crippen LogP contribution in [0.1, 0.15) is 39.7 Å². The quantitative estimate of drug-likeness (QED) is 0.671. The van der Waals surface area contributed by atoms with Crippen molar-refractivity contribution < 1.29 is 4.74 Å². The Labute approximate surface area is 130 Å². The van der Waals surface area contributed by atoms with Gasteiger partial charge in [-0.1, -0.05) is 39.8 Å². The number of ether oxygens (including phenoxy) is 1. The molecular formula is C18H32N2O. The molecule has 0 aliphatic carbocycles. The molecule has 0 saturated carbocycles. The molecule has 21 heavy (non-hydrogen) atoms. The maximum absolute atomic E-state index is 5.80. The lowest BCUT2D eigenvalue weighted by atomic mass is 10.1. The highest BCUT2D eigenvalue weighted by molar-refractivity contribution is 5.26. The first-order chi connectivity index (χ1) is 10.0. The third-order valence-electron chi connectivity index (χ3n) is 3.29. The van der Waals surface area contributed by atoms with Gasteiger partial charge in [0.2, 0.25) is 0 Å². The lowest BCUT2D eigenvalue weighted by Gasteiger charge is -2.26. The van der Waals surface area contributed by atoms with Crippen LogP contribution in [-0.4, -0.2) is 31.1 Å². The Kier molecular flexibility index (Phi) is 8.40. The highest BCUT2D eigenvalue weighted by atomic mass is 16.5. The first kappa shape index (κ1) is 18.0. The summed E-state index contributed by atoms with van der Waals surface area (Å²) in [6.07, 6.45) is 1.07. The Hall–Kier alpha value is -1.06. The molecule has 0 fully saturated rings. The first-order valence-corrected chi connectivity index (χ1v) is 8.15. The molecule has 0 aromatic heterocycles. The standard InChI is InChI=1S/C18H32N2O/c1-15(2)13-20(14-16(3)4)10-5-11-21-18-8-6-17(12-19)7-9-18/h6-9,15-16H,5,10-14,19H2,1-4H3. The number of nitrogens with zero attached hydrogens (tertiary/aromatic N) is 1. The van der Waals surface area contributed by atoms with Crippen LogP contribution in [0.25, 0.3) is 0 Å². The maximum atomic E-state index is 5.80. The zero-order chi connectivity index (χ0) is 15.7. The van der Waals surface area contributed by atoms with E-state index in [0.717, 1.165) is 30.9 Å². The largest absolute Gasteiger partial charge is 0.494 e. The van der Waals surface area contributed by atoms with Crippen molar-refractivity contribution >= 4 is 0 Å². The number of hydrogen-bond acceptors (Lipinski definition) is 3. The molecule has 0 saturated heterocycles. The number of rotatable bonds is 10. The normalized spacial score (nSPS) is 11.6. The molecule has 0 radical (unpaired) electrons. The second-order valence-corrected chi connectivity index (χ2v) is 6.60. The van der Waals surface area contributed by atoms with Crippen LogP contribution in [0.5, 0.6) is 5.75 Å². The fourth-order valence-electron chi connectivity index (χ4n) is 2.49. The minimum Gasteiger partial charge on any atom is -0.494 e. The van der Waals surface area contributed by atoms with E-state index in [1.165, 1.54) is 13.1 Å². The van der Waals surface area contributed by atoms with E-state index in [1.807, 2.05) is 24.3 Å². The smallest absolute Gasteiger partial charge is 0.119 e. The van der Waals surface area contributed by atoms with Crippen molar-refractivity contribution in [3.63, 3.8) is 0 Å². The Morgan fingerprint density at radius 1 is 1.00 bits per heavy atom. The van der Waals surface area contributed by atoms with Gasteiger partial charge in [0.25, 0.3) is 0 Å². The van der Waals surface area contributed by atoms with Crippen LogP contribution in [0, 0.1) is 11.8 Å². The molecule has 1 aromatic rings. The Balaban J connectivity index is 2.29. The van der Waals surface area contributed by atoms with Crippen LogP contribution < -0.4 is 10.5 Å². The van der Waals surface area contributed by atoms with Gasteiger partial charge < -0.3 is 15.4 Å². The summed E-state index contributed by atoms with van der Waals surface area (Å²) in [5.41, 5.74) is 6.73. The number of hydrogen-bond donors (Lipinski definition) is 1. The second-order valence-electron chi connectivity index (χ2n) is 6.60. The SMILES string of the molecule is CC(C)CN(CCCOc1ccc(CN)cc1)CC(C)C. The van der Waals surface area contributed by atoms with E-state index in [1.54, 1.807) is 0 Å². The van der Waals surface area contributed by atoms with Crippen LogP contribution in [-0.2, 0) is 6.54 Å². The summed E-state index contributed by atoms with van der Waals surface area (Å²) >= 11 is 0. The monoisotopic (exact) mass is 292 g/mol. The van der Waals surface area contributed by atoms with Crippen molar-refractivity contribution in [1.29, 1.82) is 0 Å². The lowest BCUT2D eigenvalue weighted by molar-refractivity contribution is 0.198. The molecule has 0 heterocycles. The van der Waals surface area contributed by atoms with Crippen LogP contribution >= 0.6 is 0 Å². The molecule has 3 heteroatoms. The van der Waals surface area contributed by atoms with E-state index in [9.17, 15) is 0 Å². The highest BCUT2D eigenvalue weighted by Gasteiger charge is 2.09. The van der Waals surface area contributed by atoms with Crippen LogP contribution in [0.3, 0.4) is 0 Å². The van der Waals surface area contributed by atoms with E-state index >= 15 is 0 Å². The summed E-state index contributed by atoms with van der Waals surface area (Å²) in [5.74, 6) is 2.37. The van der Waals surface area contributed by atoms with Gasteiger partial charge >= 0.3 is 0 Å². The summed E-state index contributed by atoms with van der Waals surface area (Å²) in [7, 11) is 0. The van der Waals surface area contributed by atoms with Crippen molar-refractivity contribution in [1.82, 2.24) is 4.90 Å². The molecule has 0 unspecified atom stereocenters. The van der Waals surface area contributed by atoms with E-state index in [0.29, 0.717) is 18.4 Å². The molecule has 3 nitrogen and oxygen atoms in total. The third-order valence-corrected chi connectivity index (χ3v) is 3.29. The van der Waals surface area contributed by atoms with Gasteiger partial charge in [0.1, 0.15) is 5.75 Å². The summed E-state index contributed by atoms with van der Waals surface area (Å²) in [6, 6.07) is 8.06. The average molecular weight is 292 g/mol. The second kappa shape index (κ2) is 9.80. The zero-order valence-corrected chi connectivity index (χ0v) is 14.1. The Bertz CT molecular complexity index is 363. The number of nitrogens with two attached hydrogens (primary N) is 1. The fourth-order valence-corrected chi connectivity index (χ4v) is 2.49. The van der Waals surface area contributed by atoms with Crippen molar-refractivity contribution in [3.05, 3.63) is 29.8 Å². The topological polar surface area (TPSA) is 38.5 Å². The van der Waals surface area contributed by atoms with Crippen molar-refractivity contribution in [3.8, 4) is 5.75 Å². The van der Waals surface area contributed by atoms with Crippen LogP contribution in [0.15, 0.2) is 24.3 Å². The fraction of sp³-hybridized carbons (Fsp3) is 0.667. The summed E-state index contributed by atoms with van der Waals surface area (Å²) in [6.45, 7) is 13.9. The molecule has 0 aliphatic heterocycles. The molecule has 0 spiro atoms. The van der Waals surface area contributed by atoms with Gasteiger partial charge in [-0.25, -0.2) is 0 Å². The van der Waals surface area contributed by atoms with Crippen molar-refractivity contribution in [2.45, 2.75) is 40.7 Å². The molecular weight excluding hydrogens is 260 g/mol. The average Bonchev–Trinajstić information content (AvgIpc) is 2.43. The van der Waals surface area contributed by atoms with E-state index in [4.69, 9.17) is 10.5 Å². The zero-order valence-electron chi connectivity index (χ0n) is 14.1. The maximum Gasteiger partial charge on any atom is 0.119 e. The van der Waals surface area contributed by atoms with Gasteiger partial charge in [-0.3, -0.25) is 0 Å². The van der Waals surface area contributed by atoms with E-state index < -0.39 is 0 Å². The first-order valence-electron chi connectivity index (χ1n) is 8.15. The highest BCUT2D eigenvalue weighted by Crippen LogP contribution is 2.12. The molecule has 1 aromatic carbocycles. The third kappa shape index (κ3) is 8.08. The predicted molar refractivity (Wildman–Crippen MR) is 90.6 cm³/mol. The minimum atomic E-state index is 0.583. The summed E-state index contributed by atoms with van der Waals surface area (Å²) < 4.78 is 5.80. The molecule has 0 aliphatic rings. The van der Waals surface area contributed by atoms with E-state index in [-0.39, 0.29) is 0 Å². The Morgan fingerprint density at radius 2 is 1.57 bits per heavy atom. The molecule has 0 amide bonds. The molecule has 0 atom stereocenters. The molecule has 120 valence electrons. The van der Waals surface area contributed by atoms with E-state index in [2.05, 4.69) is 32.6 Å². The lowest BCUT2D eigenvalue weighted by Crippen LogP contribution is -2.33. The summed E-state index contributed by atoms with van der Waals surface area (Å²) in [4.78, 5) is 2.55. The van der Waals surface area contributed by atoms with Gasteiger partial charge in [-0.15, -0.1) is 0 Å². The van der Waals surface area contributed by atoms with Gasteiger partial charge in [-0.2, -0.15) is 0 Å². The van der Waals surface area contributed by atoms with Gasteiger partial charge in [0.15, 0.2) is 0 Å². The van der Waals surface area contributed by atoms with Crippen LogP contribution in [0.2, 0.25) is 0 Å². The molecule has 1 rings (SSSR count).